The van der Waals surface area contributed by atoms with E-state index in [4.69, 9.17) is 28.1 Å². The number of Topliss-reactive ketones (excluding diaryl/α,β-unsaturated/α-hetero) is 1. The Morgan fingerprint density at radius 2 is 1.51 bits per heavy atom. The highest BCUT2D eigenvalue weighted by Crippen LogP contribution is 2.44. The van der Waals surface area contributed by atoms with Crippen LogP contribution in [-0.2, 0) is 49.0 Å². The van der Waals surface area contributed by atoms with Crippen LogP contribution < -0.4 is 10.1 Å². The number of hydrogen-bond donors (Lipinski definition) is 2. The molecule has 1 saturated heterocycles. The van der Waals surface area contributed by atoms with E-state index in [-0.39, 0.29) is 49.4 Å². The van der Waals surface area contributed by atoms with Gasteiger partial charge in [-0.3, -0.25) is 14.4 Å². The van der Waals surface area contributed by atoms with Crippen LogP contribution in [0.4, 0.5) is 0 Å². The number of hydrogen-bond acceptors (Lipinski definition) is 11. The third-order valence-electron chi connectivity index (χ3n) is 12.5. The van der Waals surface area contributed by atoms with Crippen molar-refractivity contribution in [1.29, 1.82) is 0 Å². The lowest BCUT2D eigenvalue weighted by molar-refractivity contribution is -0.185. The Morgan fingerprint density at radius 1 is 0.892 bits per heavy atom. The maximum Gasteiger partial charge on any atom is 0.339 e. The molecule has 12 nitrogen and oxygen atoms in total. The molecular formula is C52H85NO11Si. The predicted molar refractivity (Wildman–Crippen MR) is 259 cm³/mol. The van der Waals surface area contributed by atoms with E-state index < -0.39 is 62.3 Å². The van der Waals surface area contributed by atoms with E-state index in [1.165, 1.54) is 32.8 Å². The molecule has 3 atom stereocenters. The van der Waals surface area contributed by atoms with Gasteiger partial charge in [-0.2, -0.15) is 0 Å². The molecule has 0 bridgehead atoms. The van der Waals surface area contributed by atoms with E-state index in [0.29, 0.717) is 30.9 Å². The van der Waals surface area contributed by atoms with Gasteiger partial charge in [0.25, 0.3) is 0 Å². The second kappa shape index (κ2) is 28.6. The summed E-state index contributed by atoms with van der Waals surface area (Å²) in [4.78, 5) is 54.8. The van der Waals surface area contributed by atoms with Gasteiger partial charge in [0.1, 0.15) is 18.0 Å². The normalized spacial score (nSPS) is 16.1. The number of allylic oxidation sites excluding steroid dienone is 1. The van der Waals surface area contributed by atoms with Gasteiger partial charge >= 0.3 is 11.9 Å². The van der Waals surface area contributed by atoms with E-state index >= 15 is 0 Å². The van der Waals surface area contributed by atoms with E-state index in [2.05, 4.69) is 58.7 Å². The number of aliphatic hydroxyl groups is 1. The lowest BCUT2D eigenvalue weighted by Crippen LogP contribution is -2.56. The molecule has 0 radical (unpaired) electrons. The Balaban J connectivity index is 2.40. The summed E-state index contributed by atoms with van der Waals surface area (Å²) in [6.07, 6.45) is 14.9. The van der Waals surface area contributed by atoms with Crippen molar-refractivity contribution in [3.63, 3.8) is 0 Å². The Hall–Kier alpha value is -3.54. The molecule has 65 heavy (non-hydrogen) atoms. The average molecular weight is 928 g/mol. The van der Waals surface area contributed by atoms with Crippen LogP contribution in [0, 0.1) is 23.2 Å². The van der Waals surface area contributed by atoms with Crippen molar-refractivity contribution in [2.24, 2.45) is 11.3 Å². The largest absolute Gasteiger partial charge is 0.481 e. The molecule has 368 valence electrons. The molecule has 1 aromatic carbocycles. The van der Waals surface area contributed by atoms with Gasteiger partial charge in [-0.25, -0.2) is 4.79 Å². The zero-order valence-corrected chi connectivity index (χ0v) is 43.4. The molecule has 0 aromatic heterocycles. The van der Waals surface area contributed by atoms with Gasteiger partial charge in [-0.05, 0) is 87.9 Å². The monoisotopic (exact) mass is 928 g/mol. The summed E-state index contributed by atoms with van der Waals surface area (Å²) in [7, 11) is 0.0840. The maximum atomic E-state index is 14.7. The molecule has 1 fully saturated rings. The van der Waals surface area contributed by atoms with Crippen LogP contribution in [0.1, 0.15) is 171 Å². The Morgan fingerprint density at radius 3 is 2.08 bits per heavy atom. The van der Waals surface area contributed by atoms with Gasteiger partial charge in [0.15, 0.2) is 26.9 Å². The highest BCUT2D eigenvalue weighted by atomic mass is 28.2. The minimum absolute atomic E-state index is 0.0203. The molecule has 2 rings (SSSR count). The lowest BCUT2D eigenvalue weighted by Gasteiger charge is -2.39. The zero-order chi connectivity index (χ0) is 48.6. The van der Waals surface area contributed by atoms with Gasteiger partial charge in [0.2, 0.25) is 5.91 Å². The molecule has 0 spiro atoms. The summed E-state index contributed by atoms with van der Waals surface area (Å²) in [5.41, 5.74) is -2.65. The summed E-state index contributed by atoms with van der Waals surface area (Å²) in [6, 6.07) is 5.99. The number of methoxy groups -OCH3 is 1. The summed E-state index contributed by atoms with van der Waals surface area (Å²) >= 11 is 0. The number of rotatable bonds is 31. The molecule has 1 aliphatic heterocycles. The Kier molecular flexibility index (Phi) is 25.3. The van der Waals surface area contributed by atoms with Gasteiger partial charge in [0, 0.05) is 32.3 Å². The molecule has 13 heteroatoms. The van der Waals surface area contributed by atoms with Gasteiger partial charge in [-0.15, -0.1) is 5.92 Å². The number of carbonyl (C=O) groups excluding carboxylic acids is 4. The number of ketones is 1. The number of esters is 2. The van der Waals surface area contributed by atoms with E-state index in [1.807, 2.05) is 6.08 Å². The van der Waals surface area contributed by atoms with Crippen molar-refractivity contribution in [2.45, 2.75) is 200 Å². The molecule has 0 unspecified atom stereocenters. The molecule has 1 heterocycles. The number of unbranched alkanes of at least 4 members (excludes halogenated alkanes) is 8. The zero-order valence-electron chi connectivity index (χ0n) is 42.0. The van der Waals surface area contributed by atoms with Crippen LogP contribution in [0.2, 0.25) is 5.04 Å². The number of ether oxygens (including phenoxy) is 5. The van der Waals surface area contributed by atoms with Crippen LogP contribution in [-0.4, -0.2) is 95.1 Å². The Bertz CT molecular complexity index is 1680. The second-order valence-electron chi connectivity index (χ2n) is 20.2. The van der Waals surface area contributed by atoms with E-state index in [1.54, 1.807) is 58.0 Å². The highest BCUT2D eigenvalue weighted by molar-refractivity contribution is 6.32. The standard InChI is InChI=1S/C52H85NO11Si/c1-12-14-16-20-23-32-51(61-37-38-62-51)33-24-21-18-17-19-22-25-42(52(58,47(57)64-49(6,7)8)34-36-63-65-50(9,10)48(3,4)5)46(56)53-43(44(54)30-31-45(55)59-11)39-40-26-28-41(29-27-40)60-35-15-13-2/h22,25-29,42-43,58H,12,14,16-21,23-24,30-39,65H2,1-11H3,(H,53,56)/b25-22+/t42-,43+,52+/m1/s1. The third kappa shape index (κ3) is 21.3. The van der Waals surface area contributed by atoms with Crippen LogP contribution in [0.25, 0.3) is 0 Å². The van der Waals surface area contributed by atoms with Crippen LogP contribution in [0.3, 0.4) is 0 Å². The maximum absolute atomic E-state index is 14.7. The number of carbonyl (C=O) groups is 4. The van der Waals surface area contributed by atoms with Crippen molar-refractivity contribution in [3.8, 4) is 17.6 Å². The van der Waals surface area contributed by atoms with Crippen molar-refractivity contribution < 1.29 is 52.4 Å². The average Bonchev–Trinajstić information content (AvgIpc) is 3.71. The van der Waals surface area contributed by atoms with Crippen LogP contribution in [0.5, 0.6) is 5.75 Å². The highest BCUT2D eigenvalue weighted by Gasteiger charge is 2.49. The molecular weight excluding hydrogens is 843 g/mol. The van der Waals surface area contributed by atoms with Gasteiger partial charge in [0.05, 0.1) is 38.7 Å². The molecule has 2 N–H and O–H groups in total. The van der Waals surface area contributed by atoms with Gasteiger partial charge in [-0.1, -0.05) is 110 Å². The Labute approximate surface area is 394 Å². The summed E-state index contributed by atoms with van der Waals surface area (Å²) < 4.78 is 34.8. The number of nitrogens with one attached hydrogen (secondary N) is 1. The lowest BCUT2D eigenvalue weighted by atomic mass is 9.82. The van der Waals surface area contributed by atoms with Crippen LogP contribution >= 0.6 is 0 Å². The van der Waals surface area contributed by atoms with Crippen LogP contribution in [0.15, 0.2) is 36.4 Å². The molecule has 1 aromatic rings. The first kappa shape index (κ1) is 57.6. The molecule has 1 aliphatic rings. The predicted octanol–water partition coefficient (Wildman–Crippen LogP) is 9.06. The fourth-order valence-electron chi connectivity index (χ4n) is 7.29. The minimum atomic E-state index is -2.35. The summed E-state index contributed by atoms with van der Waals surface area (Å²) in [6.45, 7) is 21.4. The smallest absolute Gasteiger partial charge is 0.339 e. The minimum Gasteiger partial charge on any atom is -0.481 e. The van der Waals surface area contributed by atoms with Crippen molar-refractivity contribution in [1.82, 2.24) is 5.32 Å². The fourth-order valence-corrected chi connectivity index (χ4v) is 8.53. The second-order valence-corrected chi connectivity index (χ2v) is 22.6. The topological polar surface area (TPSA) is 156 Å². The number of amides is 1. The summed E-state index contributed by atoms with van der Waals surface area (Å²) in [5.74, 6) is 1.66. The molecule has 1 amide bonds. The quantitative estimate of drug-likeness (QED) is 0.0241. The SMILES string of the molecule is CC#CCOc1ccc(C[C@H](NC(=O)[C@@H](/C=C/CCCCCCC2(CCCCCCC)OCCO2)[C@@](O)(CCO[SiH2]C(C)(C)C(C)(C)C)C(=O)OC(C)(C)C)C(=O)CCC(=O)OC)cc1. The van der Waals surface area contributed by atoms with Crippen molar-refractivity contribution in [2.75, 3.05) is 33.5 Å². The van der Waals surface area contributed by atoms with E-state index in [9.17, 15) is 24.3 Å². The van der Waals surface area contributed by atoms with Crippen molar-refractivity contribution in [3.05, 3.63) is 42.0 Å². The summed E-state index contributed by atoms with van der Waals surface area (Å²) in [5, 5.41) is 15.4. The van der Waals surface area contributed by atoms with Crippen molar-refractivity contribution >= 4 is 33.4 Å². The third-order valence-corrected chi connectivity index (χ3v) is 14.8. The first-order valence-electron chi connectivity index (χ1n) is 24.1. The number of benzene rings is 1. The van der Waals surface area contributed by atoms with Gasteiger partial charge < -0.3 is 38.5 Å². The fraction of sp³-hybridized carbons (Fsp3) is 0.731. The molecule has 0 aliphatic carbocycles. The first-order valence-corrected chi connectivity index (χ1v) is 25.4. The molecule has 0 saturated carbocycles. The first-order chi connectivity index (χ1) is 30.6. The van der Waals surface area contributed by atoms with E-state index in [0.717, 1.165) is 44.9 Å².